The number of phenolic OH excluding ortho intramolecular Hbond substituents is 1. The van der Waals surface area contributed by atoms with Crippen LogP contribution in [0.5, 0.6) is 11.5 Å². The lowest BCUT2D eigenvalue weighted by molar-refractivity contribution is 0.0950. The smallest absolute Gasteiger partial charge is 0.289 e. The number of fused-ring (bicyclic) bond motifs is 1. The summed E-state index contributed by atoms with van der Waals surface area (Å²) in [4.78, 5) is 12.3. The molecule has 0 saturated heterocycles. The van der Waals surface area contributed by atoms with E-state index in [1.165, 1.54) is 6.21 Å². The molecule has 1 aromatic heterocycles. The van der Waals surface area contributed by atoms with E-state index in [0.29, 0.717) is 11.3 Å². The number of carbonyl (C=O) groups excluding carboxylic acids is 1. The van der Waals surface area contributed by atoms with Gasteiger partial charge in [-0.25, -0.2) is 5.43 Å². The number of aromatic nitrogens is 2. The number of H-pyrrole nitrogens is 1. The van der Waals surface area contributed by atoms with Gasteiger partial charge in [0, 0.05) is 11.1 Å². The minimum atomic E-state index is -0.437. The molecule has 3 N–H and O–H groups in total. The second-order valence-corrected chi connectivity index (χ2v) is 6.31. The van der Waals surface area contributed by atoms with Gasteiger partial charge in [0.05, 0.1) is 19.0 Å². The van der Waals surface area contributed by atoms with Gasteiger partial charge in [0.15, 0.2) is 0 Å². The van der Waals surface area contributed by atoms with E-state index in [0.717, 1.165) is 22.1 Å². The van der Waals surface area contributed by atoms with Crippen LogP contribution >= 0.6 is 0 Å². The number of methoxy groups -OCH3 is 1. The molecule has 7 heteroatoms. The number of aromatic hydroxyl groups is 1. The van der Waals surface area contributed by atoms with Gasteiger partial charge in [-0.1, -0.05) is 30.3 Å². The minimum Gasteiger partial charge on any atom is -0.507 e. The van der Waals surface area contributed by atoms with Gasteiger partial charge in [-0.15, -0.1) is 0 Å². The molecule has 0 radical (unpaired) electrons. The molecule has 0 bridgehead atoms. The van der Waals surface area contributed by atoms with E-state index in [9.17, 15) is 9.90 Å². The molecule has 1 amide bonds. The van der Waals surface area contributed by atoms with Crippen LogP contribution in [0.1, 0.15) is 16.1 Å². The molecular formula is C22H18N4O3. The number of nitrogens with zero attached hydrogens (tertiary/aromatic N) is 2. The summed E-state index contributed by atoms with van der Waals surface area (Å²) in [7, 11) is 1.60. The first-order valence-corrected chi connectivity index (χ1v) is 8.89. The molecule has 0 aliphatic rings. The van der Waals surface area contributed by atoms with Crippen molar-refractivity contribution < 1.29 is 14.6 Å². The number of ether oxygens (including phenoxy) is 1. The minimum absolute atomic E-state index is 0.0880. The Morgan fingerprint density at radius 3 is 2.72 bits per heavy atom. The van der Waals surface area contributed by atoms with Crippen LogP contribution < -0.4 is 10.2 Å². The van der Waals surface area contributed by atoms with Crippen molar-refractivity contribution in [2.24, 2.45) is 5.10 Å². The lowest BCUT2D eigenvalue weighted by atomic mass is 10.0. The first kappa shape index (κ1) is 18.2. The number of aromatic amines is 1. The van der Waals surface area contributed by atoms with Crippen LogP contribution in [-0.2, 0) is 0 Å². The maximum Gasteiger partial charge on any atom is 0.289 e. The molecule has 0 saturated carbocycles. The van der Waals surface area contributed by atoms with Crippen molar-refractivity contribution in [2.45, 2.75) is 0 Å². The maximum absolute atomic E-state index is 12.3. The van der Waals surface area contributed by atoms with Crippen LogP contribution in [0.2, 0.25) is 0 Å². The molecule has 1 heterocycles. The molecule has 29 heavy (non-hydrogen) atoms. The zero-order valence-electron chi connectivity index (χ0n) is 15.6. The van der Waals surface area contributed by atoms with Crippen molar-refractivity contribution in [3.05, 3.63) is 78.0 Å². The van der Waals surface area contributed by atoms with E-state index in [-0.39, 0.29) is 11.4 Å². The van der Waals surface area contributed by atoms with Gasteiger partial charge in [-0.3, -0.25) is 9.89 Å². The maximum atomic E-state index is 12.3. The van der Waals surface area contributed by atoms with Crippen LogP contribution in [0.15, 0.2) is 71.8 Å². The van der Waals surface area contributed by atoms with Crippen molar-refractivity contribution in [3.8, 4) is 22.8 Å². The number of hydrogen-bond acceptors (Lipinski definition) is 5. The Kier molecular flexibility index (Phi) is 4.94. The SMILES string of the molecule is COc1ccc(-c2cc(C(=O)N/N=C\c3c(O)ccc4ccccc34)[nH]n2)cc1. The number of carbonyl (C=O) groups is 1. The average molecular weight is 386 g/mol. The predicted octanol–water partition coefficient (Wildman–Crippen LogP) is 3.71. The van der Waals surface area contributed by atoms with Crippen molar-refractivity contribution in [3.63, 3.8) is 0 Å². The van der Waals surface area contributed by atoms with E-state index in [1.54, 1.807) is 19.2 Å². The number of phenols is 1. The molecule has 0 unspecified atom stereocenters. The number of rotatable bonds is 5. The number of hydrogen-bond donors (Lipinski definition) is 3. The van der Waals surface area contributed by atoms with E-state index >= 15 is 0 Å². The quantitative estimate of drug-likeness (QED) is 0.360. The van der Waals surface area contributed by atoms with Gasteiger partial charge < -0.3 is 9.84 Å². The lowest BCUT2D eigenvalue weighted by Gasteiger charge is -2.04. The number of hydrazone groups is 1. The summed E-state index contributed by atoms with van der Waals surface area (Å²) in [5, 5.41) is 22.8. The zero-order chi connectivity index (χ0) is 20.2. The van der Waals surface area contributed by atoms with Gasteiger partial charge in [0.1, 0.15) is 17.2 Å². The Morgan fingerprint density at radius 2 is 1.93 bits per heavy atom. The summed E-state index contributed by atoms with van der Waals surface area (Å²) in [6.45, 7) is 0. The number of benzene rings is 3. The van der Waals surface area contributed by atoms with Gasteiger partial charge in [0.25, 0.3) is 5.91 Å². The second kappa shape index (κ2) is 7.85. The summed E-state index contributed by atoms with van der Waals surface area (Å²) >= 11 is 0. The molecular weight excluding hydrogens is 368 g/mol. The third-order valence-corrected chi connectivity index (χ3v) is 4.52. The Labute approximate surface area is 166 Å². The van der Waals surface area contributed by atoms with E-state index in [2.05, 4.69) is 20.7 Å². The van der Waals surface area contributed by atoms with Gasteiger partial charge in [0.2, 0.25) is 0 Å². The highest BCUT2D eigenvalue weighted by molar-refractivity contribution is 6.03. The van der Waals surface area contributed by atoms with E-state index in [1.807, 2.05) is 54.6 Å². The van der Waals surface area contributed by atoms with Crippen molar-refractivity contribution >= 4 is 22.9 Å². The van der Waals surface area contributed by atoms with Crippen molar-refractivity contribution in [2.75, 3.05) is 7.11 Å². The van der Waals surface area contributed by atoms with Crippen molar-refractivity contribution in [1.29, 1.82) is 0 Å². The van der Waals surface area contributed by atoms with Gasteiger partial charge >= 0.3 is 0 Å². The van der Waals surface area contributed by atoms with Crippen LogP contribution in [0.25, 0.3) is 22.0 Å². The third-order valence-electron chi connectivity index (χ3n) is 4.52. The Balaban J connectivity index is 1.49. The standard InChI is InChI=1S/C22H18N4O3/c1-29-16-9-6-15(7-10-16)19-12-20(25-24-19)22(28)26-23-13-18-17-5-3-2-4-14(17)8-11-21(18)27/h2-13,27H,1H3,(H,24,25)(H,26,28)/b23-13-. The first-order chi connectivity index (χ1) is 14.2. The van der Waals surface area contributed by atoms with Gasteiger partial charge in [-0.2, -0.15) is 10.2 Å². The Bertz CT molecular complexity index is 1200. The summed E-state index contributed by atoms with van der Waals surface area (Å²) in [5.74, 6) is 0.395. The van der Waals surface area contributed by atoms with Crippen molar-refractivity contribution in [1.82, 2.24) is 15.6 Å². The zero-order valence-corrected chi connectivity index (χ0v) is 15.6. The highest BCUT2D eigenvalue weighted by atomic mass is 16.5. The molecule has 0 spiro atoms. The molecule has 7 nitrogen and oxygen atoms in total. The van der Waals surface area contributed by atoms with E-state index in [4.69, 9.17) is 4.74 Å². The fourth-order valence-corrected chi connectivity index (χ4v) is 2.98. The molecule has 4 rings (SSSR count). The Morgan fingerprint density at radius 1 is 1.14 bits per heavy atom. The number of nitrogens with one attached hydrogen (secondary N) is 2. The summed E-state index contributed by atoms with van der Waals surface area (Å²) in [6, 6.07) is 20.1. The van der Waals surface area contributed by atoms with Gasteiger partial charge in [-0.05, 0) is 47.2 Å². The molecule has 0 atom stereocenters. The summed E-state index contributed by atoms with van der Waals surface area (Å²) in [6.07, 6.45) is 1.43. The molecule has 0 aliphatic heterocycles. The molecule has 0 fully saturated rings. The lowest BCUT2D eigenvalue weighted by Crippen LogP contribution is -2.18. The predicted molar refractivity (Wildman–Crippen MR) is 111 cm³/mol. The first-order valence-electron chi connectivity index (χ1n) is 8.89. The molecule has 144 valence electrons. The monoisotopic (exact) mass is 386 g/mol. The third kappa shape index (κ3) is 3.79. The highest BCUT2D eigenvalue weighted by Gasteiger charge is 2.11. The summed E-state index contributed by atoms with van der Waals surface area (Å²) < 4.78 is 5.14. The fraction of sp³-hybridized carbons (Fsp3) is 0.0455. The number of amides is 1. The molecule has 0 aliphatic carbocycles. The largest absolute Gasteiger partial charge is 0.507 e. The Hall–Kier alpha value is -4.13. The molecule has 3 aromatic carbocycles. The topological polar surface area (TPSA) is 99.6 Å². The van der Waals surface area contributed by atoms with E-state index < -0.39 is 5.91 Å². The average Bonchev–Trinajstić information content (AvgIpc) is 3.26. The molecule has 4 aromatic rings. The normalized spacial score (nSPS) is 11.1. The van der Waals surface area contributed by atoms with Crippen LogP contribution in [0, 0.1) is 0 Å². The highest BCUT2D eigenvalue weighted by Crippen LogP contribution is 2.25. The van der Waals surface area contributed by atoms with Crippen LogP contribution in [0.3, 0.4) is 0 Å². The summed E-state index contributed by atoms with van der Waals surface area (Å²) in [5.41, 5.74) is 4.74. The van der Waals surface area contributed by atoms with Crippen LogP contribution in [-0.4, -0.2) is 34.5 Å². The van der Waals surface area contributed by atoms with Crippen LogP contribution in [0.4, 0.5) is 0 Å². The second-order valence-electron chi connectivity index (χ2n) is 6.31. The fourth-order valence-electron chi connectivity index (χ4n) is 2.98.